The summed E-state index contributed by atoms with van der Waals surface area (Å²) in [5.74, 6) is -0.744. The Balaban J connectivity index is 1.52. The lowest BCUT2D eigenvalue weighted by atomic mass is 10.0. The summed E-state index contributed by atoms with van der Waals surface area (Å²) in [4.78, 5) is 31.2. The molecule has 0 aliphatic rings. The Kier molecular flexibility index (Phi) is 8.64. The van der Waals surface area contributed by atoms with Crippen LogP contribution >= 0.6 is 11.3 Å². The summed E-state index contributed by atoms with van der Waals surface area (Å²) in [5, 5.41) is 2.00. The highest BCUT2D eigenvalue weighted by atomic mass is 32.1. The molecule has 0 unspecified atom stereocenters. The molecule has 0 atom stereocenters. The average Bonchev–Trinajstić information content (AvgIpc) is 3.33. The quantitative estimate of drug-likeness (QED) is 0.221. The van der Waals surface area contributed by atoms with Crippen molar-refractivity contribution in [2.45, 2.75) is 20.0 Å². The van der Waals surface area contributed by atoms with Crippen molar-refractivity contribution in [1.29, 1.82) is 0 Å². The zero-order chi connectivity index (χ0) is 26.2. The summed E-state index contributed by atoms with van der Waals surface area (Å²) in [6.45, 7) is 6.68. The standard InChI is InChI=1S/C31H29FN2O2S/c1-3-18-33(31(36)27-13-11-26(12-14-27)25-7-5-4-6-8-25)22-30(35)34(21-29-23(2)17-19-37-29)20-24-9-15-28(32)16-10-24/h3-17,19H,1,18,20-22H2,2H3. The van der Waals surface area contributed by atoms with Crippen LogP contribution in [0.1, 0.15) is 26.4 Å². The fourth-order valence-corrected chi connectivity index (χ4v) is 4.96. The predicted molar refractivity (Wildman–Crippen MR) is 148 cm³/mol. The molecule has 0 spiro atoms. The van der Waals surface area contributed by atoms with Crippen LogP contribution in [0.25, 0.3) is 11.1 Å². The van der Waals surface area contributed by atoms with Gasteiger partial charge >= 0.3 is 0 Å². The van der Waals surface area contributed by atoms with Crippen LogP contribution in [0.3, 0.4) is 0 Å². The summed E-state index contributed by atoms with van der Waals surface area (Å²) >= 11 is 1.59. The molecule has 0 aliphatic heterocycles. The molecule has 6 heteroatoms. The summed E-state index contributed by atoms with van der Waals surface area (Å²) < 4.78 is 13.4. The molecule has 3 aromatic carbocycles. The Hall–Kier alpha value is -4.03. The second-order valence-corrected chi connectivity index (χ2v) is 9.82. The Morgan fingerprint density at radius 3 is 2.16 bits per heavy atom. The molecule has 0 saturated carbocycles. The van der Waals surface area contributed by atoms with E-state index >= 15 is 0 Å². The molecular formula is C31H29FN2O2S. The molecule has 1 aromatic heterocycles. The molecule has 37 heavy (non-hydrogen) atoms. The number of aryl methyl sites for hydroxylation is 1. The zero-order valence-electron chi connectivity index (χ0n) is 20.8. The van der Waals surface area contributed by atoms with Crippen LogP contribution in [0, 0.1) is 12.7 Å². The molecular weight excluding hydrogens is 483 g/mol. The van der Waals surface area contributed by atoms with E-state index in [1.54, 1.807) is 46.6 Å². The molecule has 0 saturated heterocycles. The second-order valence-electron chi connectivity index (χ2n) is 8.82. The lowest BCUT2D eigenvalue weighted by molar-refractivity contribution is -0.133. The molecule has 0 fully saturated rings. The van der Waals surface area contributed by atoms with Gasteiger partial charge in [0.25, 0.3) is 5.91 Å². The minimum Gasteiger partial charge on any atom is -0.332 e. The van der Waals surface area contributed by atoms with Gasteiger partial charge in [-0.05, 0) is 64.9 Å². The number of thiophene rings is 1. The predicted octanol–water partition coefficient (Wildman–Crippen LogP) is 6.72. The number of carbonyl (C=O) groups is 2. The highest BCUT2D eigenvalue weighted by molar-refractivity contribution is 7.10. The molecule has 4 rings (SSSR count). The summed E-state index contributed by atoms with van der Waals surface area (Å²) in [6, 6.07) is 25.5. The first-order chi connectivity index (χ1) is 17.9. The van der Waals surface area contributed by atoms with Crippen LogP contribution in [0.15, 0.2) is 103 Å². The van der Waals surface area contributed by atoms with Crippen molar-refractivity contribution < 1.29 is 14.0 Å². The van der Waals surface area contributed by atoms with E-state index in [1.807, 2.05) is 60.8 Å². The smallest absolute Gasteiger partial charge is 0.254 e. The van der Waals surface area contributed by atoms with E-state index in [4.69, 9.17) is 0 Å². The normalized spacial score (nSPS) is 10.6. The van der Waals surface area contributed by atoms with Crippen molar-refractivity contribution in [2.75, 3.05) is 13.1 Å². The number of hydrogen-bond acceptors (Lipinski definition) is 3. The minimum absolute atomic E-state index is 0.0864. The van der Waals surface area contributed by atoms with E-state index < -0.39 is 0 Å². The topological polar surface area (TPSA) is 40.6 Å². The zero-order valence-corrected chi connectivity index (χ0v) is 21.6. The minimum atomic E-state index is -0.322. The maximum Gasteiger partial charge on any atom is 0.254 e. The van der Waals surface area contributed by atoms with Crippen LogP contribution in [0.4, 0.5) is 4.39 Å². The van der Waals surface area contributed by atoms with Gasteiger partial charge in [-0.2, -0.15) is 0 Å². The first-order valence-electron chi connectivity index (χ1n) is 12.1. The van der Waals surface area contributed by atoms with Crippen LogP contribution in [-0.2, 0) is 17.9 Å². The molecule has 0 aliphatic carbocycles. The lowest BCUT2D eigenvalue weighted by Gasteiger charge is -2.27. The van der Waals surface area contributed by atoms with Gasteiger partial charge in [0.2, 0.25) is 5.91 Å². The number of rotatable bonds is 10. The van der Waals surface area contributed by atoms with E-state index in [1.165, 1.54) is 17.0 Å². The molecule has 188 valence electrons. The number of benzene rings is 3. The van der Waals surface area contributed by atoms with Gasteiger partial charge in [0, 0.05) is 23.5 Å². The van der Waals surface area contributed by atoms with Crippen LogP contribution < -0.4 is 0 Å². The van der Waals surface area contributed by atoms with E-state index in [0.717, 1.165) is 27.1 Å². The van der Waals surface area contributed by atoms with E-state index in [0.29, 0.717) is 18.7 Å². The Morgan fingerprint density at radius 2 is 1.54 bits per heavy atom. The Morgan fingerprint density at radius 1 is 0.865 bits per heavy atom. The van der Waals surface area contributed by atoms with Gasteiger partial charge in [-0.25, -0.2) is 4.39 Å². The van der Waals surface area contributed by atoms with Crippen LogP contribution in [0.5, 0.6) is 0 Å². The van der Waals surface area contributed by atoms with Crippen molar-refractivity contribution in [3.8, 4) is 11.1 Å². The van der Waals surface area contributed by atoms with Gasteiger partial charge < -0.3 is 9.80 Å². The van der Waals surface area contributed by atoms with Gasteiger partial charge in [0.05, 0.1) is 6.54 Å². The first-order valence-corrected chi connectivity index (χ1v) is 12.9. The van der Waals surface area contributed by atoms with Crippen molar-refractivity contribution in [1.82, 2.24) is 9.80 Å². The van der Waals surface area contributed by atoms with Gasteiger partial charge in [-0.1, -0.05) is 60.7 Å². The van der Waals surface area contributed by atoms with E-state index in [2.05, 4.69) is 6.58 Å². The van der Waals surface area contributed by atoms with Gasteiger partial charge in [0.1, 0.15) is 12.4 Å². The van der Waals surface area contributed by atoms with Crippen molar-refractivity contribution >= 4 is 23.2 Å². The van der Waals surface area contributed by atoms with Crippen LogP contribution in [-0.4, -0.2) is 34.7 Å². The molecule has 4 aromatic rings. The maximum atomic E-state index is 13.5. The number of halogens is 1. The molecule has 0 N–H and O–H groups in total. The SMILES string of the molecule is C=CCN(CC(=O)N(Cc1ccc(F)cc1)Cc1sccc1C)C(=O)c1ccc(-c2ccccc2)cc1. The largest absolute Gasteiger partial charge is 0.332 e. The average molecular weight is 513 g/mol. The second kappa shape index (κ2) is 12.3. The third-order valence-corrected chi connectivity index (χ3v) is 7.15. The monoisotopic (exact) mass is 512 g/mol. The first kappa shape index (κ1) is 26.0. The summed E-state index contributed by atoms with van der Waals surface area (Å²) in [7, 11) is 0. The number of carbonyl (C=O) groups excluding carboxylic acids is 2. The molecule has 0 radical (unpaired) electrons. The number of amides is 2. The highest BCUT2D eigenvalue weighted by Crippen LogP contribution is 2.22. The van der Waals surface area contributed by atoms with Gasteiger partial charge in [-0.3, -0.25) is 9.59 Å². The highest BCUT2D eigenvalue weighted by Gasteiger charge is 2.23. The molecule has 2 amide bonds. The number of hydrogen-bond donors (Lipinski definition) is 0. The molecule has 1 heterocycles. The lowest BCUT2D eigenvalue weighted by Crippen LogP contribution is -2.42. The van der Waals surface area contributed by atoms with Gasteiger partial charge in [-0.15, -0.1) is 17.9 Å². The van der Waals surface area contributed by atoms with Crippen molar-refractivity contribution in [3.63, 3.8) is 0 Å². The van der Waals surface area contributed by atoms with Crippen LogP contribution in [0.2, 0.25) is 0 Å². The van der Waals surface area contributed by atoms with E-state index in [9.17, 15) is 14.0 Å². The van der Waals surface area contributed by atoms with E-state index in [-0.39, 0.29) is 30.7 Å². The fourth-order valence-electron chi connectivity index (χ4n) is 4.04. The molecule has 0 bridgehead atoms. The van der Waals surface area contributed by atoms with Gasteiger partial charge in [0.15, 0.2) is 0 Å². The Labute approximate surface area is 221 Å². The third kappa shape index (κ3) is 6.80. The Bertz CT molecular complexity index is 1350. The molecule has 4 nitrogen and oxygen atoms in total. The summed E-state index contributed by atoms with van der Waals surface area (Å²) in [5.41, 5.74) is 4.52. The maximum absolute atomic E-state index is 13.5. The summed E-state index contributed by atoms with van der Waals surface area (Å²) in [6.07, 6.45) is 1.62. The third-order valence-electron chi connectivity index (χ3n) is 6.14. The number of nitrogens with zero attached hydrogens (tertiary/aromatic N) is 2. The van der Waals surface area contributed by atoms with Crippen molar-refractivity contribution in [3.05, 3.63) is 130 Å². The fraction of sp³-hybridized carbons (Fsp3) is 0.161. The van der Waals surface area contributed by atoms with Crippen molar-refractivity contribution in [2.24, 2.45) is 0 Å².